The van der Waals surface area contributed by atoms with Gasteiger partial charge in [0, 0.05) is 6.42 Å². The van der Waals surface area contributed by atoms with E-state index in [1.165, 1.54) is 0 Å². The average molecular weight is 192 g/mol. The van der Waals surface area contributed by atoms with E-state index in [-0.39, 0.29) is 6.42 Å². The van der Waals surface area contributed by atoms with E-state index in [2.05, 4.69) is 0 Å². The Bertz CT molecular complexity index is 200. The molecule has 0 aromatic heterocycles. The highest BCUT2D eigenvalue weighted by Gasteiger charge is 2.12. The fraction of sp³-hybridized carbons (Fsp3) is 0.667. The van der Waals surface area contributed by atoms with Crippen molar-refractivity contribution in [3.63, 3.8) is 0 Å². The van der Waals surface area contributed by atoms with Gasteiger partial charge in [0.1, 0.15) is 5.83 Å². The third-order valence-corrected chi connectivity index (χ3v) is 1.68. The van der Waals surface area contributed by atoms with Crippen molar-refractivity contribution in [1.82, 2.24) is 0 Å². The minimum Gasteiger partial charge on any atom is -0.476 e. The molecule has 0 aromatic rings. The summed E-state index contributed by atoms with van der Waals surface area (Å²) in [5.41, 5.74) is 0. The predicted octanol–water partition coefficient (Wildman–Crippen LogP) is 3.19. The van der Waals surface area contributed by atoms with Gasteiger partial charge in [0.05, 0.1) is 0 Å². The highest BCUT2D eigenvalue weighted by atomic mass is 19.2. The molecule has 76 valence electrons. The molecule has 0 spiro atoms. The smallest absolute Gasteiger partial charge is 0.367 e. The molecule has 0 saturated carbocycles. The molecular formula is C9H14F2O2. The van der Waals surface area contributed by atoms with E-state index >= 15 is 0 Å². The Morgan fingerprint density at radius 1 is 1.23 bits per heavy atom. The lowest BCUT2D eigenvalue weighted by Crippen LogP contribution is -1.97. The summed E-state index contributed by atoms with van der Waals surface area (Å²) in [6, 6.07) is 0. The van der Waals surface area contributed by atoms with E-state index in [0.29, 0.717) is 6.42 Å². The highest BCUT2D eigenvalue weighted by Crippen LogP contribution is 2.16. The predicted molar refractivity (Wildman–Crippen MR) is 45.6 cm³/mol. The maximum absolute atomic E-state index is 12.6. The average Bonchev–Trinajstić information content (AvgIpc) is 2.10. The lowest BCUT2D eigenvalue weighted by Gasteiger charge is -1.97. The molecule has 0 fully saturated rings. The molecule has 0 saturated heterocycles. The van der Waals surface area contributed by atoms with Crippen LogP contribution in [0, 0.1) is 0 Å². The Kier molecular flexibility index (Phi) is 6.10. The third-order valence-electron chi connectivity index (χ3n) is 1.68. The summed E-state index contributed by atoms with van der Waals surface area (Å²) < 4.78 is 24.9. The van der Waals surface area contributed by atoms with Crippen LogP contribution in [0.5, 0.6) is 0 Å². The van der Waals surface area contributed by atoms with Gasteiger partial charge >= 0.3 is 5.97 Å². The molecular weight excluding hydrogens is 178 g/mol. The van der Waals surface area contributed by atoms with Crippen molar-refractivity contribution in [3.8, 4) is 0 Å². The molecule has 0 rings (SSSR count). The van der Waals surface area contributed by atoms with Crippen LogP contribution in [0.2, 0.25) is 0 Å². The van der Waals surface area contributed by atoms with Crippen molar-refractivity contribution < 1.29 is 18.7 Å². The summed E-state index contributed by atoms with van der Waals surface area (Å²) in [5.74, 6) is -4.63. The normalized spacial score (nSPS) is 12.5. The Balaban J connectivity index is 3.79. The van der Waals surface area contributed by atoms with E-state index in [9.17, 15) is 13.6 Å². The van der Waals surface area contributed by atoms with Crippen LogP contribution in [0.3, 0.4) is 0 Å². The second-order valence-electron chi connectivity index (χ2n) is 2.83. The van der Waals surface area contributed by atoms with Crippen LogP contribution in [0.4, 0.5) is 8.78 Å². The molecule has 0 heterocycles. The van der Waals surface area contributed by atoms with Crippen LogP contribution in [0.25, 0.3) is 0 Å². The Morgan fingerprint density at radius 3 is 2.31 bits per heavy atom. The summed E-state index contributed by atoms with van der Waals surface area (Å²) in [4.78, 5) is 9.96. The van der Waals surface area contributed by atoms with Gasteiger partial charge in [-0.05, 0) is 6.42 Å². The topological polar surface area (TPSA) is 37.3 Å². The Morgan fingerprint density at radius 2 is 1.85 bits per heavy atom. The van der Waals surface area contributed by atoms with Crippen LogP contribution < -0.4 is 0 Å². The lowest BCUT2D eigenvalue weighted by atomic mass is 10.1. The number of allylic oxidation sites excluding steroid dienone is 1. The van der Waals surface area contributed by atoms with Gasteiger partial charge in [-0.3, -0.25) is 0 Å². The summed E-state index contributed by atoms with van der Waals surface area (Å²) in [6.07, 6.45) is 3.16. The van der Waals surface area contributed by atoms with E-state index < -0.39 is 17.6 Å². The van der Waals surface area contributed by atoms with Gasteiger partial charge in [-0.25, -0.2) is 9.18 Å². The molecule has 2 nitrogen and oxygen atoms in total. The number of carboxylic acid groups (broad SMARTS) is 1. The fourth-order valence-electron chi connectivity index (χ4n) is 0.933. The molecule has 0 amide bonds. The van der Waals surface area contributed by atoms with Crippen LogP contribution in [-0.4, -0.2) is 11.1 Å². The van der Waals surface area contributed by atoms with Crippen molar-refractivity contribution in [2.75, 3.05) is 0 Å². The summed E-state index contributed by atoms with van der Waals surface area (Å²) >= 11 is 0. The van der Waals surface area contributed by atoms with E-state index in [1.54, 1.807) is 0 Å². The molecule has 0 aliphatic carbocycles. The van der Waals surface area contributed by atoms with E-state index in [0.717, 1.165) is 19.3 Å². The summed E-state index contributed by atoms with van der Waals surface area (Å²) in [7, 11) is 0. The standard InChI is InChI=1S/C9H14F2O2/c1-2-3-4-5-6-7(10)8(11)9(12)13/h2-6H2,1H3,(H,12,13). The molecule has 0 atom stereocenters. The van der Waals surface area contributed by atoms with Gasteiger partial charge in [0.2, 0.25) is 5.83 Å². The molecule has 0 bridgehead atoms. The molecule has 0 unspecified atom stereocenters. The molecule has 0 radical (unpaired) electrons. The van der Waals surface area contributed by atoms with Crippen LogP contribution in [0.15, 0.2) is 11.7 Å². The zero-order valence-electron chi connectivity index (χ0n) is 7.65. The van der Waals surface area contributed by atoms with Crippen LogP contribution >= 0.6 is 0 Å². The monoisotopic (exact) mass is 192 g/mol. The van der Waals surface area contributed by atoms with Crippen LogP contribution in [0.1, 0.15) is 39.0 Å². The zero-order chi connectivity index (χ0) is 10.3. The number of hydrogen-bond acceptors (Lipinski definition) is 1. The minimum atomic E-state index is -1.83. The van der Waals surface area contributed by atoms with Gasteiger partial charge in [0.15, 0.2) is 0 Å². The number of carboxylic acids is 1. The lowest BCUT2D eigenvalue weighted by molar-refractivity contribution is -0.134. The van der Waals surface area contributed by atoms with Crippen molar-refractivity contribution in [3.05, 3.63) is 11.7 Å². The van der Waals surface area contributed by atoms with Crippen molar-refractivity contribution in [1.29, 1.82) is 0 Å². The first-order valence-electron chi connectivity index (χ1n) is 4.37. The molecule has 1 N–H and O–H groups in total. The second kappa shape index (κ2) is 6.57. The molecule has 0 aliphatic heterocycles. The number of carbonyl (C=O) groups is 1. The maximum atomic E-state index is 12.6. The molecule has 0 aliphatic rings. The number of hydrogen-bond donors (Lipinski definition) is 1. The van der Waals surface area contributed by atoms with E-state index in [4.69, 9.17) is 5.11 Å². The molecule has 0 aromatic carbocycles. The first-order valence-corrected chi connectivity index (χ1v) is 4.37. The summed E-state index contributed by atoms with van der Waals surface area (Å²) in [5, 5.41) is 8.08. The second-order valence-corrected chi connectivity index (χ2v) is 2.83. The highest BCUT2D eigenvalue weighted by molar-refractivity contribution is 5.84. The quantitative estimate of drug-likeness (QED) is 0.518. The van der Waals surface area contributed by atoms with Gasteiger partial charge in [-0.1, -0.05) is 26.2 Å². The first kappa shape index (κ1) is 12.1. The maximum Gasteiger partial charge on any atom is 0.367 e. The fourth-order valence-corrected chi connectivity index (χ4v) is 0.933. The Hall–Kier alpha value is -0.930. The van der Waals surface area contributed by atoms with Gasteiger partial charge in [0.25, 0.3) is 0 Å². The van der Waals surface area contributed by atoms with Gasteiger partial charge in [-0.15, -0.1) is 0 Å². The molecule has 4 heteroatoms. The van der Waals surface area contributed by atoms with Gasteiger partial charge < -0.3 is 5.11 Å². The largest absolute Gasteiger partial charge is 0.476 e. The first-order chi connectivity index (χ1) is 6.09. The number of unbranched alkanes of at least 4 members (excludes halogenated alkanes) is 3. The third kappa shape index (κ3) is 5.33. The van der Waals surface area contributed by atoms with E-state index in [1.807, 2.05) is 6.92 Å². The van der Waals surface area contributed by atoms with Crippen LogP contribution in [-0.2, 0) is 4.79 Å². The number of halogens is 2. The number of rotatable bonds is 6. The Labute approximate surface area is 76.3 Å². The van der Waals surface area contributed by atoms with Gasteiger partial charge in [-0.2, -0.15) is 4.39 Å². The zero-order valence-corrected chi connectivity index (χ0v) is 7.65. The van der Waals surface area contributed by atoms with Crippen molar-refractivity contribution in [2.24, 2.45) is 0 Å². The SMILES string of the molecule is CCCCCCC(F)=C(F)C(=O)O. The molecule has 13 heavy (non-hydrogen) atoms. The summed E-state index contributed by atoms with van der Waals surface area (Å²) in [6.45, 7) is 2.00. The number of aliphatic carboxylic acids is 1. The van der Waals surface area contributed by atoms with Crippen molar-refractivity contribution >= 4 is 5.97 Å². The minimum absolute atomic E-state index is 0.113. The van der Waals surface area contributed by atoms with Crippen molar-refractivity contribution in [2.45, 2.75) is 39.0 Å².